The maximum Gasteiger partial charge on any atom is 0.332 e. The average molecular weight is 424 g/mol. The monoisotopic (exact) mass is 423 g/mol. The van der Waals surface area contributed by atoms with Gasteiger partial charge in [0.2, 0.25) is 5.78 Å². The van der Waals surface area contributed by atoms with Crippen LogP contribution in [-0.2, 0) is 24.8 Å². The molecule has 0 amide bonds. The molecule has 0 aliphatic carbocycles. The minimum Gasteiger partial charge on any atom is -0.380 e. The van der Waals surface area contributed by atoms with Gasteiger partial charge in [-0.3, -0.25) is 22.9 Å². The summed E-state index contributed by atoms with van der Waals surface area (Å²) in [6, 6.07) is 8.44. The first kappa shape index (κ1) is 21.1. The van der Waals surface area contributed by atoms with Crippen LogP contribution in [0, 0.1) is 6.92 Å². The Morgan fingerprint density at radius 2 is 1.84 bits per heavy atom. The number of hydrogen-bond acceptors (Lipinski definition) is 4. The quantitative estimate of drug-likeness (QED) is 0.409. The van der Waals surface area contributed by atoms with Crippen LogP contribution in [0.4, 0.5) is 0 Å². The van der Waals surface area contributed by atoms with Gasteiger partial charge < -0.3 is 4.74 Å². The first-order valence-electron chi connectivity index (χ1n) is 10.8. The molecule has 0 aliphatic heterocycles. The van der Waals surface area contributed by atoms with Gasteiger partial charge in [-0.2, -0.15) is 4.98 Å². The largest absolute Gasteiger partial charge is 0.380 e. The van der Waals surface area contributed by atoms with Crippen molar-refractivity contribution in [1.82, 2.24) is 23.1 Å². The normalized spacial score (nSPS) is 11.7. The number of nitrogens with zero attached hydrogens (tertiary/aromatic N) is 5. The van der Waals surface area contributed by atoms with Crippen LogP contribution in [0.25, 0.3) is 22.6 Å². The van der Waals surface area contributed by atoms with Crippen molar-refractivity contribution < 1.29 is 4.74 Å². The van der Waals surface area contributed by atoms with Crippen LogP contribution < -0.4 is 11.2 Å². The Kier molecular flexibility index (Phi) is 5.82. The zero-order chi connectivity index (χ0) is 22.1. The number of aromatic nitrogens is 5. The molecule has 0 N–H and O–H groups in total. The highest BCUT2D eigenvalue weighted by Gasteiger charge is 2.20. The Bertz CT molecular complexity index is 1340. The SMILES string of the molecule is CCCCc1ccc(-n2c(C)cn3c4c(=O)n(CCOCC)c(=O)n(C)c4nc23)cc1. The van der Waals surface area contributed by atoms with Crippen molar-refractivity contribution in [3.05, 3.63) is 62.6 Å². The third-order valence-corrected chi connectivity index (χ3v) is 5.70. The zero-order valence-electron chi connectivity index (χ0n) is 18.6. The molecule has 0 atom stereocenters. The molecule has 3 aromatic heterocycles. The summed E-state index contributed by atoms with van der Waals surface area (Å²) in [4.78, 5) is 30.6. The van der Waals surface area contributed by atoms with E-state index in [2.05, 4.69) is 36.2 Å². The summed E-state index contributed by atoms with van der Waals surface area (Å²) < 4.78 is 11.8. The Labute approximate surface area is 180 Å². The molecule has 164 valence electrons. The molecule has 0 radical (unpaired) electrons. The van der Waals surface area contributed by atoms with Gasteiger partial charge in [-0.25, -0.2) is 4.79 Å². The number of rotatable bonds is 8. The van der Waals surface area contributed by atoms with Crippen LogP contribution in [0.1, 0.15) is 37.9 Å². The molecule has 3 heterocycles. The second-order valence-electron chi connectivity index (χ2n) is 7.83. The second kappa shape index (κ2) is 8.55. The minimum absolute atomic E-state index is 0.210. The first-order chi connectivity index (χ1) is 15.0. The maximum absolute atomic E-state index is 13.2. The summed E-state index contributed by atoms with van der Waals surface area (Å²) >= 11 is 0. The Morgan fingerprint density at radius 3 is 2.52 bits per heavy atom. The molecular formula is C23H29N5O3. The van der Waals surface area contributed by atoms with Gasteiger partial charge >= 0.3 is 5.69 Å². The molecule has 4 aromatic rings. The van der Waals surface area contributed by atoms with Gasteiger partial charge in [-0.15, -0.1) is 0 Å². The van der Waals surface area contributed by atoms with Crippen LogP contribution in [0.3, 0.4) is 0 Å². The van der Waals surface area contributed by atoms with E-state index in [1.54, 1.807) is 11.4 Å². The standard InChI is InChI=1S/C23H29N5O3/c1-5-7-8-17-9-11-18(12-10-17)28-16(3)15-27-19-20(24-22(27)28)25(4)23(30)26(21(19)29)13-14-31-6-2/h9-12,15H,5-8,13-14H2,1-4H3. The molecule has 4 rings (SSSR count). The predicted molar refractivity (Wildman–Crippen MR) is 121 cm³/mol. The highest BCUT2D eigenvalue weighted by Crippen LogP contribution is 2.21. The number of unbranched alkanes of at least 4 members (excludes halogenated alkanes) is 1. The fourth-order valence-corrected chi connectivity index (χ4v) is 4.02. The molecule has 0 bridgehead atoms. The predicted octanol–water partition coefficient (Wildman–Crippen LogP) is 2.83. The Morgan fingerprint density at radius 1 is 1.10 bits per heavy atom. The summed E-state index contributed by atoms with van der Waals surface area (Å²) in [7, 11) is 1.65. The number of ether oxygens (including phenoxy) is 1. The van der Waals surface area contributed by atoms with Crippen LogP contribution in [0.15, 0.2) is 40.1 Å². The lowest BCUT2D eigenvalue weighted by Crippen LogP contribution is -2.40. The molecule has 0 fully saturated rings. The third kappa shape index (κ3) is 3.61. The van der Waals surface area contributed by atoms with E-state index in [4.69, 9.17) is 4.74 Å². The molecule has 31 heavy (non-hydrogen) atoms. The van der Waals surface area contributed by atoms with E-state index in [1.807, 2.05) is 24.6 Å². The van der Waals surface area contributed by atoms with Crippen molar-refractivity contribution in [1.29, 1.82) is 0 Å². The Hall–Kier alpha value is -3.13. The zero-order valence-corrected chi connectivity index (χ0v) is 18.6. The first-order valence-corrected chi connectivity index (χ1v) is 10.8. The van der Waals surface area contributed by atoms with Crippen molar-refractivity contribution >= 4 is 16.9 Å². The molecule has 0 spiro atoms. The van der Waals surface area contributed by atoms with Crippen LogP contribution in [0.2, 0.25) is 0 Å². The molecule has 0 saturated heterocycles. The molecule has 0 unspecified atom stereocenters. The minimum atomic E-state index is -0.387. The van der Waals surface area contributed by atoms with E-state index in [9.17, 15) is 9.59 Å². The number of imidazole rings is 2. The molecule has 0 aliphatic rings. The summed E-state index contributed by atoms with van der Waals surface area (Å²) in [5, 5.41) is 0. The number of hydrogen-bond donors (Lipinski definition) is 0. The van der Waals surface area contributed by atoms with Gasteiger partial charge in [0.25, 0.3) is 5.56 Å². The second-order valence-corrected chi connectivity index (χ2v) is 7.83. The molecule has 8 heteroatoms. The number of benzene rings is 1. The van der Waals surface area contributed by atoms with Gasteiger partial charge in [0.05, 0.1) is 13.2 Å². The van der Waals surface area contributed by atoms with Crippen LogP contribution in [0.5, 0.6) is 0 Å². The Balaban J connectivity index is 1.87. The van der Waals surface area contributed by atoms with Gasteiger partial charge in [-0.1, -0.05) is 25.5 Å². The van der Waals surface area contributed by atoms with E-state index in [0.29, 0.717) is 30.2 Å². The van der Waals surface area contributed by atoms with Crippen molar-refractivity contribution in [3.8, 4) is 5.69 Å². The lowest BCUT2D eigenvalue weighted by molar-refractivity contribution is 0.137. The molecule has 1 aromatic carbocycles. The number of aryl methyl sites for hydroxylation is 3. The van der Waals surface area contributed by atoms with Crippen molar-refractivity contribution in [2.75, 3.05) is 13.2 Å². The van der Waals surface area contributed by atoms with Gasteiger partial charge in [0, 0.05) is 31.2 Å². The lowest BCUT2D eigenvalue weighted by Gasteiger charge is -2.08. The topological polar surface area (TPSA) is 75.5 Å². The van der Waals surface area contributed by atoms with E-state index < -0.39 is 0 Å². The molecule has 8 nitrogen and oxygen atoms in total. The van der Waals surface area contributed by atoms with Crippen molar-refractivity contribution in [2.45, 2.75) is 46.6 Å². The maximum atomic E-state index is 13.2. The van der Waals surface area contributed by atoms with E-state index >= 15 is 0 Å². The third-order valence-electron chi connectivity index (χ3n) is 5.70. The molecular weight excluding hydrogens is 394 g/mol. The summed E-state index contributed by atoms with van der Waals surface area (Å²) in [6.45, 7) is 7.11. The van der Waals surface area contributed by atoms with Crippen LogP contribution in [-0.4, -0.2) is 36.3 Å². The van der Waals surface area contributed by atoms with Crippen molar-refractivity contribution in [2.24, 2.45) is 7.05 Å². The number of fused-ring (bicyclic) bond motifs is 3. The summed E-state index contributed by atoms with van der Waals surface area (Å²) in [5.74, 6) is 0.614. The smallest absolute Gasteiger partial charge is 0.332 e. The highest BCUT2D eigenvalue weighted by atomic mass is 16.5. The fraction of sp³-hybridized carbons (Fsp3) is 0.435. The van der Waals surface area contributed by atoms with Gasteiger partial charge in [0.1, 0.15) is 0 Å². The van der Waals surface area contributed by atoms with Gasteiger partial charge in [0.15, 0.2) is 11.2 Å². The van der Waals surface area contributed by atoms with Crippen LogP contribution >= 0.6 is 0 Å². The van der Waals surface area contributed by atoms with Crippen molar-refractivity contribution in [3.63, 3.8) is 0 Å². The van der Waals surface area contributed by atoms with E-state index in [0.717, 1.165) is 17.8 Å². The highest BCUT2D eigenvalue weighted by molar-refractivity contribution is 5.76. The fourth-order valence-electron chi connectivity index (χ4n) is 4.02. The lowest BCUT2D eigenvalue weighted by atomic mass is 10.1. The molecule has 0 saturated carbocycles. The van der Waals surface area contributed by atoms with E-state index in [-0.39, 0.29) is 17.8 Å². The summed E-state index contributed by atoms with van der Waals surface area (Å²) in [5.41, 5.74) is 3.28. The van der Waals surface area contributed by atoms with Gasteiger partial charge in [-0.05, 0) is 44.4 Å². The summed E-state index contributed by atoms with van der Waals surface area (Å²) in [6.07, 6.45) is 5.30. The van der Waals surface area contributed by atoms with E-state index in [1.165, 1.54) is 27.5 Å². The average Bonchev–Trinajstić information content (AvgIpc) is 3.28.